The monoisotopic (exact) mass is 242 g/mol. The molecule has 1 aromatic heterocycles. The lowest BCUT2D eigenvalue weighted by Crippen LogP contribution is -2.20. The zero-order valence-electron chi connectivity index (χ0n) is 10.6. The van der Waals surface area contributed by atoms with Gasteiger partial charge >= 0.3 is 0 Å². The number of likely N-dealkylation sites (N-methyl/N-ethyl adjacent to an activating group) is 1. The minimum absolute atomic E-state index is 0.0135. The maximum absolute atomic E-state index is 9.07. The first-order chi connectivity index (χ1) is 8.79. The van der Waals surface area contributed by atoms with Crippen molar-refractivity contribution in [1.82, 2.24) is 4.98 Å². The predicted octanol–water partition coefficient (Wildman–Crippen LogP) is 2.25. The van der Waals surface area contributed by atoms with E-state index in [0.29, 0.717) is 5.69 Å². The highest BCUT2D eigenvalue weighted by molar-refractivity contribution is 5.45. The van der Waals surface area contributed by atoms with Gasteiger partial charge in [0.15, 0.2) is 0 Å². The van der Waals surface area contributed by atoms with Crippen molar-refractivity contribution in [2.75, 3.05) is 18.5 Å². The zero-order chi connectivity index (χ0) is 12.8. The average Bonchev–Trinajstić information content (AvgIpc) is 2.46. The zero-order valence-corrected chi connectivity index (χ0v) is 10.6. The molecule has 1 N–H and O–H groups in total. The molecule has 0 saturated heterocycles. The van der Waals surface area contributed by atoms with Crippen molar-refractivity contribution in [3.63, 3.8) is 0 Å². The minimum Gasteiger partial charge on any atom is -0.390 e. The van der Waals surface area contributed by atoms with Crippen LogP contribution in [0.25, 0.3) is 0 Å². The lowest BCUT2D eigenvalue weighted by molar-refractivity contribution is 0.277. The van der Waals surface area contributed by atoms with Gasteiger partial charge in [0.2, 0.25) is 0 Å². The number of pyridine rings is 1. The Labute approximate surface area is 108 Å². The molecule has 0 radical (unpaired) electrons. The van der Waals surface area contributed by atoms with Gasteiger partial charge in [-0.3, -0.25) is 4.98 Å². The van der Waals surface area contributed by atoms with E-state index in [2.05, 4.69) is 41.2 Å². The SMILES string of the molecule is CN(CCc1ccccc1)c1ccnc(CO)c1. The van der Waals surface area contributed by atoms with Crippen LogP contribution in [-0.4, -0.2) is 23.7 Å². The number of nitrogens with zero attached hydrogens (tertiary/aromatic N) is 2. The highest BCUT2D eigenvalue weighted by atomic mass is 16.3. The number of hydrogen-bond donors (Lipinski definition) is 1. The third-order valence-corrected chi connectivity index (χ3v) is 2.98. The molecule has 2 rings (SSSR count). The number of rotatable bonds is 5. The minimum atomic E-state index is -0.0135. The summed E-state index contributed by atoms with van der Waals surface area (Å²) in [5.74, 6) is 0. The van der Waals surface area contributed by atoms with Gasteiger partial charge in [0.25, 0.3) is 0 Å². The lowest BCUT2D eigenvalue weighted by Gasteiger charge is -2.19. The first-order valence-corrected chi connectivity index (χ1v) is 6.10. The van der Waals surface area contributed by atoms with E-state index in [9.17, 15) is 0 Å². The number of aliphatic hydroxyl groups is 1. The van der Waals surface area contributed by atoms with E-state index in [1.165, 1.54) is 5.56 Å². The molecule has 1 aromatic carbocycles. The lowest BCUT2D eigenvalue weighted by atomic mass is 10.1. The molecule has 0 atom stereocenters. The highest BCUT2D eigenvalue weighted by Gasteiger charge is 2.02. The molecule has 0 bridgehead atoms. The van der Waals surface area contributed by atoms with Crippen molar-refractivity contribution in [3.05, 3.63) is 59.9 Å². The molecule has 3 heteroatoms. The normalized spacial score (nSPS) is 10.3. The van der Waals surface area contributed by atoms with Crippen LogP contribution in [0.3, 0.4) is 0 Å². The molecule has 18 heavy (non-hydrogen) atoms. The van der Waals surface area contributed by atoms with Crippen LogP contribution in [0.1, 0.15) is 11.3 Å². The second-order valence-corrected chi connectivity index (χ2v) is 4.32. The van der Waals surface area contributed by atoms with Crippen LogP contribution < -0.4 is 4.90 Å². The number of aromatic nitrogens is 1. The Bertz CT molecular complexity index is 485. The molecule has 3 nitrogen and oxygen atoms in total. The second-order valence-electron chi connectivity index (χ2n) is 4.32. The molecule has 0 aliphatic carbocycles. The fourth-order valence-electron chi connectivity index (χ4n) is 1.86. The van der Waals surface area contributed by atoms with Crippen LogP contribution in [0.4, 0.5) is 5.69 Å². The van der Waals surface area contributed by atoms with E-state index in [-0.39, 0.29) is 6.61 Å². The average molecular weight is 242 g/mol. The topological polar surface area (TPSA) is 36.4 Å². The first-order valence-electron chi connectivity index (χ1n) is 6.10. The summed E-state index contributed by atoms with van der Waals surface area (Å²) in [7, 11) is 2.05. The molecular formula is C15H18N2O. The van der Waals surface area contributed by atoms with E-state index in [0.717, 1.165) is 18.7 Å². The number of anilines is 1. The van der Waals surface area contributed by atoms with Crippen LogP contribution in [0.15, 0.2) is 48.7 Å². The Balaban J connectivity index is 1.97. The van der Waals surface area contributed by atoms with E-state index < -0.39 is 0 Å². The van der Waals surface area contributed by atoms with E-state index >= 15 is 0 Å². The maximum Gasteiger partial charge on any atom is 0.0853 e. The first kappa shape index (κ1) is 12.6. The van der Waals surface area contributed by atoms with Gasteiger partial charge in [-0.1, -0.05) is 30.3 Å². The Hall–Kier alpha value is -1.87. The second kappa shape index (κ2) is 6.17. The highest BCUT2D eigenvalue weighted by Crippen LogP contribution is 2.13. The Morgan fingerprint density at radius 1 is 1.17 bits per heavy atom. The summed E-state index contributed by atoms with van der Waals surface area (Å²) >= 11 is 0. The van der Waals surface area contributed by atoms with Gasteiger partial charge in [0.1, 0.15) is 0 Å². The van der Waals surface area contributed by atoms with Crippen LogP contribution >= 0.6 is 0 Å². The van der Waals surface area contributed by atoms with E-state index in [4.69, 9.17) is 5.11 Å². The molecule has 94 valence electrons. The predicted molar refractivity (Wildman–Crippen MR) is 73.6 cm³/mol. The quantitative estimate of drug-likeness (QED) is 0.873. The summed E-state index contributed by atoms with van der Waals surface area (Å²) in [5, 5.41) is 9.07. The third-order valence-electron chi connectivity index (χ3n) is 2.98. The largest absolute Gasteiger partial charge is 0.390 e. The Morgan fingerprint density at radius 2 is 1.94 bits per heavy atom. The van der Waals surface area contributed by atoms with Gasteiger partial charge in [-0.2, -0.15) is 0 Å². The summed E-state index contributed by atoms with van der Waals surface area (Å²) < 4.78 is 0. The Morgan fingerprint density at radius 3 is 2.67 bits per heavy atom. The molecule has 2 aromatic rings. The molecule has 1 heterocycles. The number of benzene rings is 1. The van der Waals surface area contributed by atoms with Gasteiger partial charge < -0.3 is 10.0 Å². The third kappa shape index (κ3) is 3.31. The summed E-state index contributed by atoms with van der Waals surface area (Å²) in [6.07, 6.45) is 2.74. The van der Waals surface area contributed by atoms with Crippen LogP contribution in [0.2, 0.25) is 0 Å². The van der Waals surface area contributed by atoms with Gasteiger partial charge in [-0.05, 0) is 24.1 Å². The standard InChI is InChI=1S/C15H18N2O/c1-17(10-8-13-5-3-2-4-6-13)15-7-9-16-14(11-15)12-18/h2-7,9,11,18H,8,10,12H2,1H3. The Kier molecular flexibility index (Phi) is 4.31. The molecular weight excluding hydrogens is 224 g/mol. The fourth-order valence-corrected chi connectivity index (χ4v) is 1.86. The molecule has 0 fully saturated rings. The van der Waals surface area contributed by atoms with Crippen molar-refractivity contribution in [2.24, 2.45) is 0 Å². The summed E-state index contributed by atoms with van der Waals surface area (Å²) in [6, 6.07) is 14.3. The molecule has 0 aliphatic heterocycles. The van der Waals surface area contributed by atoms with Crippen molar-refractivity contribution in [2.45, 2.75) is 13.0 Å². The molecule has 0 unspecified atom stereocenters. The molecule has 0 amide bonds. The molecule has 0 saturated carbocycles. The fraction of sp³-hybridized carbons (Fsp3) is 0.267. The van der Waals surface area contributed by atoms with Gasteiger partial charge in [-0.15, -0.1) is 0 Å². The smallest absolute Gasteiger partial charge is 0.0853 e. The van der Waals surface area contributed by atoms with E-state index in [1.807, 2.05) is 18.2 Å². The summed E-state index contributed by atoms with van der Waals surface area (Å²) in [4.78, 5) is 6.26. The van der Waals surface area contributed by atoms with Gasteiger partial charge in [-0.25, -0.2) is 0 Å². The number of hydrogen-bond acceptors (Lipinski definition) is 3. The van der Waals surface area contributed by atoms with Crippen molar-refractivity contribution in [3.8, 4) is 0 Å². The van der Waals surface area contributed by atoms with E-state index in [1.54, 1.807) is 6.20 Å². The summed E-state index contributed by atoms with van der Waals surface area (Å²) in [6.45, 7) is 0.930. The van der Waals surface area contributed by atoms with Crippen LogP contribution in [0, 0.1) is 0 Å². The van der Waals surface area contributed by atoms with Gasteiger partial charge in [0.05, 0.1) is 12.3 Å². The van der Waals surface area contributed by atoms with Crippen molar-refractivity contribution < 1.29 is 5.11 Å². The molecule has 0 spiro atoms. The van der Waals surface area contributed by atoms with Gasteiger partial charge in [0, 0.05) is 25.5 Å². The molecule has 0 aliphatic rings. The van der Waals surface area contributed by atoms with Crippen LogP contribution in [0.5, 0.6) is 0 Å². The van der Waals surface area contributed by atoms with Crippen LogP contribution in [-0.2, 0) is 13.0 Å². The van der Waals surface area contributed by atoms with Crippen molar-refractivity contribution in [1.29, 1.82) is 0 Å². The number of aliphatic hydroxyl groups excluding tert-OH is 1. The summed E-state index contributed by atoms with van der Waals surface area (Å²) in [5.41, 5.74) is 3.13. The maximum atomic E-state index is 9.07. The van der Waals surface area contributed by atoms with Crippen molar-refractivity contribution >= 4 is 5.69 Å².